The Morgan fingerprint density at radius 1 is 1.48 bits per heavy atom. The van der Waals surface area contributed by atoms with E-state index in [1.165, 1.54) is 4.98 Å². The summed E-state index contributed by atoms with van der Waals surface area (Å²) in [6, 6.07) is 0. The minimum absolute atomic E-state index is 0.230. The second-order valence-electron chi connectivity index (χ2n) is 4.46. The lowest BCUT2D eigenvalue weighted by atomic mass is 9.98. The zero-order chi connectivity index (χ0) is 15.9. The first-order chi connectivity index (χ1) is 9.74. The standard InChI is InChI=1S/C10H10F4N2O5/c11-3-1-16(9(20)15-6(3)19)7-4(18)5(12)10(2-17,21-7)8(13)14/h1,4-5,7-8,17-18H,2H2,(H,15,19,20). The van der Waals surface area contributed by atoms with Gasteiger partial charge in [0.25, 0.3) is 12.0 Å². The lowest BCUT2D eigenvalue weighted by molar-refractivity contribution is -0.186. The molecule has 4 atom stereocenters. The van der Waals surface area contributed by atoms with Crippen LogP contribution >= 0.6 is 0 Å². The van der Waals surface area contributed by atoms with Crippen LogP contribution in [-0.4, -0.2) is 50.7 Å². The molecule has 4 unspecified atom stereocenters. The third-order valence-corrected chi connectivity index (χ3v) is 3.21. The first-order valence-electron chi connectivity index (χ1n) is 5.64. The molecule has 0 aliphatic carbocycles. The fourth-order valence-corrected chi connectivity index (χ4v) is 2.03. The number of hydrogen-bond acceptors (Lipinski definition) is 5. The molecule has 1 aromatic rings. The van der Waals surface area contributed by atoms with Crippen LogP contribution in [0.15, 0.2) is 15.8 Å². The van der Waals surface area contributed by atoms with Gasteiger partial charge in [-0.2, -0.15) is 4.39 Å². The predicted octanol–water partition coefficient (Wildman–Crippen LogP) is -1.10. The molecule has 2 rings (SSSR count). The van der Waals surface area contributed by atoms with Crippen molar-refractivity contribution in [2.75, 3.05) is 6.61 Å². The van der Waals surface area contributed by atoms with E-state index in [1.54, 1.807) is 0 Å². The number of nitrogens with zero attached hydrogens (tertiary/aromatic N) is 1. The Hall–Kier alpha value is -1.72. The Labute approximate surface area is 113 Å². The smallest absolute Gasteiger partial charge is 0.330 e. The van der Waals surface area contributed by atoms with Crippen LogP contribution in [0.3, 0.4) is 0 Å². The summed E-state index contributed by atoms with van der Waals surface area (Å²) in [5.41, 5.74) is -5.71. The van der Waals surface area contributed by atoms with Crippen LogP contribution in [0.5, 0.6) is 0 Å². The van der Waals surface area contributed by atoms with Crippen molar-refractivity contribution in [1.82, 2.24) is 9.55 Å². The molecule has 1 aliphatic rings. The van der Waals surface area contributed by atoms with E-state index in [4.69, 9.17) is 5.11 Å². The molecule has 7 nitrogen and oxygen atoms in total. The van der Waals surface area contributed by atoms with E-state index in [9.17, 15) is 32.3 Å². The first kappa shape index (κ1) is 15.7. The van der Waals surface area contributed by atoms with Gasteiger partial charge in [0.1, 0.15) is 6.10 Å². The average Bonchev–Trinajstić information content (AvgIpc) is 2.68. The number of aromatic nitrogens is 2. The van der Waals surface area contributed by atoms with Crippen molar-refractivity contribution in [2.45, 2.75) is 30.5 Å². The van der Waals surface area contributed by atoms with Crippen molar-refractivity contribution in [2.24, 2.45) is 0 Å². The van der Waals surface area contributed by atoms with E-state index in [-0.39, 0.29) is 4.57 Å². The molecule has 11 heteroatoms. The summed E-state index contributed by atoms with van der Waals surface area (Å²) in [6.07, 6.45) is -10.2. The molecule has 0 amide bonds. The van der Waals surface area contributed by atoms with Gasteiger partial charge in [-0.25, -0.2) is 18.0 Å². The minimum Gasteiger partial charge on any atom is -0.393 e. The summed E-state index contributed by atoms with van der Waals surface area (Å²) in [4.78, 5) is 23.8. The van der Waals surface area contributed by atoms with E-state index >= 15 is 0 Å². The number of alkyl halides is 3. The fourth-order valence-electron chi connectivity index (χ4n) is 2.03. The van der Waals surface area contributed by atoms with Gasteiger partial charge in [0.15, 0.2) is 18.0 Å². The third-order valence-electron chi connectivity index (χ3n) is 3.21. The summed E-state index contributed by atoms with van der Waals surface area (Å²) >= 11 is 0. The van der Waals surface area contributed by atoms with Crippen LogP contribution in [-0.2, 0) is 4.74 Å². The molecule has 1 fully saturated rings. The molecule has 0 bridgehead atoms. The topological polar surface area (TPSA) is 105 Å². The number of ether oxygens (including phenoxy) is 1. The highest BCUT2D eigenvalue weighted by atomic mass is 19.3. The van der Waals surface area contributed by atoms with E-state index in [0.29, 0.717) is 6.20 Å². The molecule has 1 aromatic heterocycles. The lowest BCUT2D eigenvalue weighted by Crippen LogP contribution is -2.50. The van der Waals surface area contributed by atoms with Crippen molar-refractivity contribution in [3.05, 3.63) is 32.9 Å². The maximum absolute atomic E-state index is 13.8. The zero-order valence-corrected chi connectivity index (χ0v) is 10.2. The van der Waals surface area contributed by atoms with E-state index < -0.39 is 54.2 Å². The number of aromatic amines is 1. The summed E-state index contributed by atoms with van der Waals surface area (Å²) in [5.74, 6) is -1.46. The van der Waals surface area contributed by atoms with Crippen molar-refractivity contribution in [1.29, 1.82) is 0 Å². The number of nitrogens with one attached hydrogen (secondary N) is 1. The molecule has 1 aliphatic heterocycles. The summed E-state index contributed by atoms with van der Waals surface area (Å²) in [6.45, 7) is -1.47. The van der Waals surface area contributed by atoms with Crippen molar-refractivity contribution < 1.29 is 32.5 Å². The number of hydrogen-bond donors (Lipinski definition) is 3. The Kier molecular flexibility index (Phi) is 3.91. The lowest BCUT2D eigenvalue weighted by Gasteiger charge is -2.27. The molecule has 118 valence electrons. The highest BCUT2D eigenvalue weighted by molar-refractivity contribution is 5.04. The van der Waals surface area contributed by atoms with Crippen LogP contribution in [0.2, 0.25) is 0 Å². The molecular weight excluding hydrogens is 304 g/mol. The molecule has 0 spiro atoms. The number of H-pyrrole nitrogens is 1. The normalized spacial score (nSPS) is 32.8. The van der Waals surface area contributed by atoms with E-state index in [0.717, 1.165) is 0 Å². The van der Waals surface area contributed by atoms with Gasteiger partial charge in [-0.05, 0) is 0 Å². The molecule has 2 heterocycles. The van der Waals surface area contributed by atoms with E-state index in [1.807, 2.05) is 0 Å². The van der Waals surface area contributed by atoms with Crippen LogP contribution in [0.4, 0.5) is 17.6 Å². The maximum atomic E-state index is 13.8. The second kappa shape index (κ2) is 5.24. The Balaban J connectivity index is 2.50. The van der Waals surface area contributed by atoms with Gasteiger partial charge < -0.3 is 14.9 Å². The summed E-state index contributed by atoms with van der Waals surface area (Å²) < 4.78 is 57.6. The van der Waals surface area contributed by atoms with Crippen molar-refractivity contribution in [3.8, 4) is 0 Å². The summed E-state index contributed by atoms with van der Waals surface area (Å²) in [7, 11) is 0. The van der Waals surface area contributed by atoms with Gasteiger partial charge in [-0.15, -0.1) is 0 Å². The number of halogens is 4. The first-order valence-corrected chi connectivity index (χ1v) is 5.64. The van der Waals surface area contributed by atoms with E-state index in [2.05, 4.69) is 4.74 Å². The molecule has 0 aromatic carbocycles. The Morgan fingerprint density at radius 2 is 2.10 bits per heavy atom. The zero-order valence-electron chi connectivity index (χ0n) is 10.2. The highest BCUT2D eigenvalue weighted by Gasteiger charge is 2.61. The van der Waals surface area contributed by atoms with Crippen LogP contribution in [0.1, 0.15) is 6.23 Å². The van der Waals surface area contributed by atoms with Gasteiger partial charge >= 0.3 is 5.69 Å². The number of aliphatic hydroxyl groups excluding tert-OH is 2. The number of aliphatic hydroxyl groups is 2. The van der Waals surface area contributed by atoms with Gasteiger partial charge in [-0.3, -0.25) is 14.3 Å². The van der Waals surface area contributed by atoms with Gasteiger partial charge in [0, 0.05) is 0 Å². The van der Waals surface area contributed by atoms with Gasteiger partial charge in [-0.1, -0.05) is 0 Å². The third kappa shape index (κ3) is 2.26. The Bertz CT molecular complexity index is 647. The fraction of sp³-hybridized carbons (Fsp3) is 0.600. The second-order valence-corrected chi connectivity index (χ2v) is 4.46. The minimum atomic E-state index is -3.51. The predicted molar refractivity (Wildman–Crippen MR) is 58.1 cm³/mol. The monoisotopic (exact) mass is 314 g/mol. The van der Waals surface area contributed by atoms with Crippen LogP contribution in [0, 0.1) is 5.82 Å². The molecule has 0 saturated carbocycles. The SMILES string of the molecule is O=c1[nH]c(=O)n(C2OC(CO)(C(F)F)C(F)C2O)cc1F. The van der Waals surface area contributed by atoms with Crippen LogP contribution in [0.25, 0.3) is 0 Å². The van der Waals surface area contributed by atoms with Crippen LogP contribution < -0.4 is 11.2 Å². The molecule has 21 heavy (non-hydrogen) atoms. The maximum Gasteiger partial charge on any atom is 0.330 e. The van der Waals surface area contributed by atoms with Crippen molar-refractivity contribution in [3.63, 3.8) is 0 Å². The van der Waals surface area contributed by atoms with Gasteiger partial charge in [0.05, 0.1) is 12.8 Å². The Morgan fingerprint density at radius 3 is 2.57 bits per heavy atom. The highest BCUT2D eigenvalue weighted by Crippen LogP contribution is 2.42. The quantitative estimate of drug-likeness (QED) is 0.614. The molecular formula is C10H10F4N2O5. The molecule has 0 radical (unpaired) electrons. The number of rotatable bonds is 3. The van der Waals surface area contributed by atoms with Gasteiger partial charge in [0.2, 0.25) is 5.82 Å². The molecule has 1 saturated heterocycles. The summed E-state index contributed by atoms with van der Waals surface area (Å²) in [5, 5.41) is 18.5. The average molecular weight is 314 g/mol. The molecule has 3 N–H and O–H groups in total. The van der Waals surface area contributed by atoms with Crippen molar-refractivity contribution >= 4 is 0 Å². The largest absolute Gasteiger partial charge is 0.393 e.